The maximum Gasteiger partial charge on any atom is 0.246 e. The molecule has 0 radical (unpaired) electrons. The van der Waals surface area contributed by atoms with E-state index in [4.69, 9.17) is 4.74 Å². The molecule has 0 aromatic heterocycles. The van der Waals surface area contributed by atoms with Gasteiger partial charge in [-0.2, -0.15) is 0 Å². The Balaban J connectivity index is 2.33. The van der Waals surface area contributed by atoms with Crippen molar-refractivity contribution in [2.24, 2.45) is 5.92 Å². The van der Waals surface area contributed by atoms with Crippen LogP contribution in [0.2, 0.25) is 0 Å². The Morgan fingerprint density at radius 1 is 1.31 bits per heavy atom. The Labute approximate surface area is 98.9 Å². The predicted molar refractivity (Wildman–Crippen MR) is 65.3 cm³/mol. The molecule has 0 aromatic carbocycles. The number of ether oxygens (including phenoxy) is 1. The molecule has 94 valence electrons. The number of rotatable bonds is 6. The fourth-order valence-electron chi connectivity index (χ4n) is 2.56. The van der Waals surface area contributed by atoms with Crippen molar-refractivity contribution in [1.82, 2.24) is 5.32 Å². The topological polar surface area (TPSA) is 38.3 Å². The molecule has 0 unspecified atom stereocenters. The summed E-state index contributed by atoms with van der Waals surface area (Å²) >= 11 is 0. The monoisotopic (exact) mass is 227 g/mol. The van der Waals surface area contributed by atoms with Crippen molar-refractivity contribution in [3.8, 4) is 0 Å². The predicted octanol–water partition coefficient (Wildman–Crippen LogP) is 2.50. The number of nitrogens with one attached hydrogen (secondary N) is 1. The first kappa shape index (κ1) is 13.5. The van der Waals surface area contributed by atoms with Crippen LogP contribution in [0.15, 0.2) is 0 Å². The van der Waals surface area contributed by atoms with Crippen molar-refractivity contribution in [2.75, 3.05) is 13.2 Å². The highest BCUT2D eigenvalue weighted by atomic mass is 16.5. The summed E-state index contributed by atoms with van der Waals surface area (Å²) in [6.45, 7) is 4.95. The SMILES string of the molecule is CCC[C@H]1CCCC[C@@H]1NC(=O)COCC. The molecule has 1 fully saturated rings. The van der Waals surface area contributed by atoms with E-state index in [0.717, 1.165) is 6.42 Å². The molecule has 16 heavy (non-hydrogen) atoms. The molecule has 0 saturated heterocycles. The normalized spacial score (nSPS) is 25.4. The molecular weight excluding hydrogens is 202 g/mol. The van der Waals surface area contributed by atoms with E-state index >= 15 is 0 Å². The lowest BCUT2D eigenvalue weighted by molar-refractivity contribution is -0.126. The minimum atomic E-state index is 0.0508. The molecule has 2 atom stereocenters. The van der Waals surface area contributed by atoms with Gasteiger partial charge in [-0.1, -0.05) is 26.2 Å². The van der Waals surface area contributed by atoms with Crippen molar-refractivity contribution in [2.45, 2.75) is 58.4 Å². The second kappa shape index (κ2) is 7.66. The molecule has 3 heteroatoms. The largest absolute Gasteiger partial charge is 0.372 e. The average Bonchev–Trinajstić information content (AvgIpc) is 2.29. The molecule has 1 aliphatic carbocycles. The zero-order valence-corrected chi connectivity index (χ0v) is 10.6. The highest BCUT2D eigenvalue weighted by Crippen LogP contribution is 2.27. The number of hydrogen-bond donors (Lipinski definition) is 1. The first-order valence-corrected chi connectivity index (χ1v) is 6.65. The van der Waals surface area contributed by atoms with Crippen LogP contribution >= 0.6 is 0 Å². The maximum absolute atomic E-state index is 11.6. The van der Waals surface area contributed by atoms with Crippen LogP contribution in [-0.4, -0.2) is 25.2 Å². The zero-order chi connectivity index (χ0) is 11.8. The second-order valence-electron chi connectivity index (χ2n) is 4.64. The van der Waals surface area contributed by atoms with Crippen molar-refractivity contribution in [3.05, 3.63) is 0 Å². The molecule has 0 aliphatic heterocycles. The van der Waals surface area contributed by atoms with E-state index in [1.54, 1.807) is 0 Å². The standard InChI is InChI=1S/C13H25NO2/c1-3-7-11-8-5-6-9-12(11)14-13(15)10-16-4-2/h11-12H,3-10H2,1-2H3,(H,14,15)/t11-,12-/m0/s1. The van der Waals surface area contributed by atoms with Crippen LogP contribution in [0.25, 0.3) is 0 Å². The second-order valence-corrected chi connectivity index (χ2v) is 4.64. The fourth-order valence-corrected chi connectivity index (χ4v) is 2.56. The summed E-state index contributed by atoms with van der Waals surface area (Å²) in [4.78, 5) is 11.6. The quantitative estimate of drug-likeness (QED) is 0.757. The van der Waals surface area contributed by atoms with E-state index in [1.807, 2.05) is 6.92 Å². The smallest absolute Gasteiger partial charge is 0.246 e. The lowest BCUT2D eigenvalue weighted by atomic mass is 9.82. The molecule has 1 saturated carbocycles. The van der Waals surface area contributed by atoms with Crippen LogP contribution in [0.3, 0.4) is 0 Å². The van der Waals surface area contributed by atoms with Crippen molar-refractivity contribution < 1.29 is 9.53 Å². The third kappa shape index (κ3) is 4.52. The third-order valence-electron chi connectivity index (χ3n) is 3.35. The average molecular weight is 227 g/mol. The van der Waals surface area contributed by atoms with Crippen LogP contribution in [-0.2, 0) is 9.53 Å². The summed E-state index contributed by atoms with van der Waals surface area (Å²) in [5.74, 6) is 0.735. The maximum atomic E-state index is 11.6. The van der Waals surface area contributed by atoms with Gasteiger partial charge >= 0.3 is 0 Å². The van der Waals surface area contributed by atoms with Gasteiger partial charge in [-0.3, -0.25) is 4.79 Å². The minimum absolute atomic E-state index is 0.0508. The summed E-state index contributed by atoms with van der Waals surface area (Å²) < 4.78 is 5.12. The van der Waals surface area contributed by atoms with Crippen molar-refractivity contribution in [3.63, 3.8) is 0 Å². The number of amides is 1. The summed E-state index contributed by atoms with van der Waals surface area (Å²) in [5, 5.41) is 3.12. The molecule has 1 N–H and O–H groups in total. The lowest BCUT2D eigenvalue weighted by Gasteiger charge is -2.32. The van der Waals surface area contributed by atoms with Gasteiger partial charge in [0, 0.05) is 12.6 Å². The van der Waals surface area contributed by atoms with Gasteiger partial charge < -0.3 is 10.1 Å². The van der Waals surface area contributed by atoms with Crippen LogP contribution in [0, 0.1) is 5.92 Å². The van der Waals surface area contributed by atoms with Gasteiger partial charge in [-0.15, -0.1) is 0 Å². The molecule has 1 rings (SSSR count). The molecule has 0 heterocycles. The number of hydrogen-bond acceptors (Lipinski definition) is 2. The number of carbonyl (C=O) groups is 1. The summed E-state index contributed by atoms with van der Waals surface area (Å²) in [6.07, 6.45) is 7.43. The van der Waals surface area contributed by atoms with Gasteiger partial charge in [-0.25, -0.2) is 0 Å². The molecule has 3 nitrogen and oxygen atoms in total. The Hall–Kier alpha value is -0.570. The van der Waals surface area contributed by atoms with Crippen molar-refractivity contribution >= 4 is 5.91 Å². The van der Waals surface area contributed by atoms with E-state index < -0.39 is 0 Å². The third-order valence-corrected chi connectivity index (χ3v) is 3.35. The Morgan fingerprint density at radius 3 is 2.75 bits per heavy atom. The van der Waals surface area contributed by atoms with E-state index in [9.17, 15) is 4.79 Å². The van der Waals surface area contributed by atoms with Gasteiger partial charge in [0.15, 0.2) is 0 Å². The summed E-state index contributed by atoms with van der Waals surface area (Å²) in [6, 6.07) is 0.390. The first-order chi connectivity index (χ1) is 7.77. The molecule has 1 amide bonds. The van der Waals surface area contributed by atoms with Gasteiger partial charge in [0.25, 0.3) is 0 Å². The highest BCUT2D eigenvalue weighted by Gasteiger charge is 2.25. The molecule has 1 aliphatic rings. The Kier molecular flexibility index (Phi) is 6.46. The van der Waals surface area contributed by atoms with Gasteiger partial charge in [0.05, 0.1) is 0 Å². The van der Waals surface area contributed by atoms with Gasteiger partial charge in [-0.05, 0) is 32.1 Å². The fraction of sp³-hybridized carbons (Fsp3) is 0.923. The summed E-state index contributed by atoms with van der Waals surface area (Å²) in [7, 11) is 0. The van der Waals surface area contributed by atoms with Crippen LogP contribution in [0.5, 0.6) is 0 Å². The molecular formula is C13H25NO2. The van der Waals surface area contributed by atoms with Gasteiger partial charge in [0.2, 0.25) is 5.91 Å². The molecule has 0 aromatic rings. The van der Waals surface area contributed by atoms with Crippen LogP contribution < -0.4 is 5.32 Å². The van der Waals surface area contributed by atoms with Gasteiger partial charge in [0.1, 0.15) is 6.61 Å². The lowest BCUT2D eigenvalue weighted by Crippen LogP contribution is -2.43. The van der Waals surface area contributed by atoms with E-state index in [2.05, 4.69) is 12.2 Å². The Bertz CT molecular complexity index is 204. The number of carbonyl (C=O) groups excluding carboxylic acids is 1. The summed E-state index contributed by atoms with van der Waals surface area (Å²) in [5.41, 5.74) is 0. The first-order valence-electron chi connectivity index (χ1n) is 6.65. The van der Waals surface area contributed by atoms with E-state index in [0.29, 0.717) is 18.6 Å². The van der Waals surface area contributed by atoms with Crippen LogP contribution in [0.1, 0.15) is 52.4 Å². The zero-order valence-electron chi connectivity index (χ0n) is 10.6. The minimum Gasteiger partial charge on any atom is -0.372 e. The highest BCUT2D eigenvalue weighted by molar-refractivity contribution is 5.77. The van der Waals surface area contributed by atoms with E-state index in [1.165, 1.54) is 32.1 Å². The van der Waals surface area contributed by atoms with E-state index in [-0.39, 0.29) is 12.5 Å². The molecule has 0 bridgehead atoms. The Morgan fingerprint density at radius 2 is 2.06 bits per heavy atom. The van der Waals surface area contributed by atoms with Crippen molar-refractivity contribution in [1.29, 1.82) is 0 Å². The molecule has 0 spiro atoms. The van der Waals surface area contributed by atoms with Crippen LogP contribution in [0.4, 0.5) is 0 Å².